The van der Waals surface area contributed by atoms with Crippen molar-refractivity contribution in [1.82, 2.24) is 4.57 Å². The zero-order valence-corrected chi connectivity index (χ0v) is 32.2. The van der Waals surface area contributed by atoms with Crippen LogP contribution in [0.4, 0.5) is 0 Å². The second kappa shape index (κ2) is 10.8. The van der Waals surface area contributed by atoms with Crippen LogP contribution in [0.25, 0.3) is 16.5 Å². The number of aliphatic hydroxyl groups is 2. The summed E-state index contributed by atoms with van der Waals surface area (Å²) in [5.41, 5.74) is 6.05. The van der Waals surface area contributed by atoms with E-state index in [2.05, 4.69) is 64.0 Å². The lowest BCUT2D eigenvalue weighted by atomic mass is 9.40. The number of fused-ring (bicyclic) bond motifs is 11. The molecule has 0 amide bonds. The van der Waals surface area contributed by atoms with Crippen molar-refractivity contribution >= 4 is 28.0 Å². The average Bonchev–Trinajstić information content (AvgIpc) is 3.71. The zero-order valence-electron chi connectivity index (χ0n) is 32.2. The fraction of sp³-hybridized carbons (Fsp3) is 0.556. The van der Waals surface area contributed by atoms with Crippen LogP contribution in [0, 0.1) is 28.6 Å². The Labute approximate surface area is 303 Å². The van der Waals surface area contributed by atoms with E-state index >= 15 is 0 Å². The van der Waals surface area contributed by atoms with Gasteiger partial charge in [0.1, 0.15) is 6.04 Å². The van der Waals surface area contributed by atoms with Gasteiger partial charge in [0.05, 0.1) is 40.4 Å². The molecule has 6 nitrogen and oxygen atoms in total. The first-order valence-electron chi connectivity index (χ1n) is 19.1. The Kier molecular flexibility index (Phi) is 7.39. The van der Waals surface area contributed by atoms with E-state index in [1.807, 2.05) is 46.8 Å². The second-order valence-corrected chi connectivity index (χ2v) is 18.3. The number of aromatic nitrogens is 1. The van der Waals surface area contributed by atoms with Crippen molar-refractivity contribution in [3.8, 4) is 0 Å². The molecule has 2 saturated carbocycles. The molecule has 4 aliphatic carbocycles. The number of allylic oxidation sites excluding steroid dienone is 4. The van der Waals surface area contributed by atoms with Crippen LogP contribution in [-0.2, 0) is 21.4 Å². The lowest BCUT2D eigenvalue weighted by Gasteiger charge is -2.64. The summed E-state index contributed by atoms with van der Waals surface area (Å²) in [4.78, 5) is 27.2. The Morgan fingerprint density at radius 3 is 2.47 bits per heavy atom. The molecule has 3 heterocycles. The Hall–Kier alpha value is -3.06. The lowest BCUT2D eigenvalue weighted by Crippen LogP contribution is -2.61. The van der Waals surface area contributed by atoms with Crippen molar-refractivity contribution in [1.29, 1.82) is 0 Å². The molecule has 2 N–H and O–H groups in total. The molecule has 51 heavy (non-hydrogen) atoms. The summed E-state index contributed by atoms with van der Waals surface area (Å²) in [7, 11) is 0. The molecule has 8 rings (SSSR count). The monoisotopic (exact) mass is 689 g/mol. The number of rotatable bonds is 5. The number of hydrogen-bond acceptors (Lipinski definition) is 5. The first-order chi connectivity index (χ1) is 23.7. The van der Waals surface area contributed by atoms with E-state index in [-0.39, 0.29) is 28.3 Å². The molecule has 1 aromatic heterocycles. The van der Waals surface area contributed by atoms with Gasteiger partial charge in [0, 0.05) is 33.9 Å². The van der Waals surface area contributed by atoms with Crippen LogP contribution in [0.2, 0.25) is 0 Å². The molecule has 0 spiro atoms. The standard InChI is InChI=1S/C45H55NO5/c1-12-30(47)24(4)14-13-18-43(9)31-16-15-25-20-28-27-21-26-29-22-41(5,6)51-42(7,8)35(29)38(49)33(26)34-37(27)46(36(23(2)3)39(34)50)40(28)45(25,11)44(31,10)19-17-32(43)48/h13-14,18,21-22,31-32,36,38,48-49H,2,12,15-17,19-20H2,1,3-11H3/b18-13+,24-14+/t31-,32-,36-,38+,43-,44-,45+/m0/s1. The summed E-state index contributed by atoms with van der Waals surface area (Å²) in [6.07, 6.45) is 11.6. The van der Waals surface area contributed by atoms with Crippen molar-refractivity contribution in [2.75, 3.05) is 0 Å². The molecule has 2 aromatic rings. The van der Waals surface area contributed by atoms with Gasteiger partial charge in [-0.25, -0.2) is 0 Å². The van der Waals surface area contributed by atoms with Gasteiger partial charge in [-0.15, -0.1) is 0 Å². The van der Waals surface area contributed by atoms with Gasteiger partial charge in [-0.3, -0.25) is 9.59 Å². The van der Waals surface area contributed by atoms with E-state index in [1.165, 1.54) is 17.2 Å². The SMILES string of the molecule is C=C(C)[C@H]1C(=O)c2c3c(cc4c5c(n1c24)[C@@]1(C)[C](CC[C@H]2[C@](C)(/C=C/C=C(\C)C(=O)CC)[C@@H](O)CC[C@@]21C)C5)C1=CC(C)(C)OC(C)(C)[C]1[C@@H]3O. The van der Waals surface area contributed by atoms with Gasteiger partial charge in [-0.05, 0) is 125 Å². The highest BCUT2D eigenvalue weighted by Crippen LogP contribution is 2.72. The van der Waals surface area contributed by atoms with Crippen molar-refractivity contribution in [2.45, 2.75) is 143 Å². The Balaban J connectivity index is 1.34. The maximum absolute atomic E-state index is 14.9. The van der Waals surface area contributed by atoms with Gasteiger partial charge in [0.15, 0.2) is 11.6 Å². The summed E-state index contributed by atoms with van der Waals surface area (Å²) in [6, 6.07) is 1.74. The van der Waals surface area contributed by atoms with Gasteiger partial charge in [-0.2, -0.15) is 0 Å². The predicted octanol–water partition coefficient (Wildman–Crippen LogP) is 8.99. The Morgan fingerprint density at radius 2 is 1.80 bits per heavy atom. The van der Waals surface area contributed by atoms with E-state index in [1.54, 1.807) is 0 Å². The first-order valence-corrected chi connectivity index (χ1v) is 19.1. The maximum Gasteiger partial charge on any atom is 0.192 e. The molecule has 0 unspecified atom stereocenters. The number of carbonyl (C=O) groups is 2. The van der Waals surface area contributed by atoms with E-state index < -0.39 is 34.9 Å². The summed E-state index contributed by atoms with van der Waals surface area (Å²) >= 11 is 0. The van der Waals surface area contributed by atoms with Crippen LogP contribution in [0.3, 0.4) is 0 Å². The minimum absolute atomic E-state index is 0.0178. The number of nitrogens with zero attached hydrogens (tertiary/aromatic N) is 1. The number of hydrogen-bond donors (Lipinski definition) is 2. The molecule has 1 aromatic carbocycles. The molecule has 0 saturated heterocycles. The van der Waals surface area contributed by atoms with Crippen LogP contribution in [0.5, 0.6) is 0 Å². The van der Waals surface area contributed by atoms with Crippen molar-refractivity contribution in [3.05, 3.63) is 87.9 Å². The van der Waals surface area contributed by atoms with E-state index in [0.717, 1.165) is 70.4 Å². The quantitative estimate of drug-likeness (QED) is 0.186. The van der Waals surface area contributed by atoms with Crippen LogP contribution in [0.15, 0.2) is 48.1 Å². The molecule has 7 atom stereocenters. The Bertz CT molecular complexity index is 2040. The molecule has 0 bridgehead atoms. The van der Waals surface area contributed by atoms with Crippen LogP contribution < -0.4 is 0 Å². The number of Topliss-reactive ketones (excluding diaryl/α,β-unsaturated/α-hetero) is 2. The molecule has 270 valence electrons. The first kappa shape index (κ1) is 35.0. The van der Waals surface area contributed by atoms with Crippen LogP contribution in [0.1, 0.15) is 146 Å². The van der Waals surface area contributed by atoms with E-state index in [0.29, 0.717) is 18.4 Å². The summed E-state index contributed by atoms with van der Waals surface area (Å²) in [5, 5.41) is 25.0. The minimum Gasteiger partial charge on any atom is -0.392 e. The molecule has 6 aliphatic rings. The molecule has 6 heteroatoms. The van der Waals surface area contributed by atoms with Crippen molar-refractivity contribution in [3.63, 3.8) is 0 Å². The molecule has 2 radical (unpaired) electrons. The van der Waals surface area contributed by atoms with E-state index in [4.69, 9.17) is 4.74 Å². The highest BCUT2D eigenvalue weighted by Gasteiger charge is 2.68. The fourth-order valence-corrected chi connectivity index (χ4v) is 12.3. The van der Waals surface area contributed by atoms with Gasteiger partial charge in [0.2, 0.25) is 0 Å². The topological polar surface area (TPSA) is 88.8 Å². The summed E-state index contributed by atoms with van der Waals surface area (Å²) < 4.78 is 8.83. The van der Waals surface area contributed by atoms with Gasteiger partial charge in [-0.1, -0.05) is 58.1 Å². The second-order valence-electron chi connectivity index (χ2n) is 18.3. The number of carbonyl (C=O) groups excluding carboxylic acids is 2. The minimum atomic E-state index is -0.935. The molecular formula is C45H55NO5. The van der Waals surface area contributed by atoms with Gasteiger partial charge >= 0.3 is 0 Å². The number of ether oxygens (including phenoxy) is 1. The molecule has 2 aliphatic heterocycles. The highest BCUT2D eigenvalue weighted by molar-refractivity contribution is 6.19. The zero-order chi connectivity index (χ0) is 37.0. The number of benzene rings is 1. The Morgan fingerprint density at radius 1 is 1.10 bits per heavy atom. The fourth-order valence-electron chi connectivity index (χ4n) is 12.3. The lowest BCUT2D eigenvalue weighted by molar-refractivity contribution is -0.122. The van der Waals surface area contributed by atoms with Crippen molar-refractivity contribution < 1.29 is 24.5 Å². The largest absolute Gasteiger partial charge is 0.392 e. The van der Waals surface area contributed by atoms with Crippen molar-refractivity contribution in [2.24, 2.45) is 16.7 Å². The predicted molar refractivity (Wildman–Crippen MR) is 202 cm³/mol. The maximum atomic E-state index is 14.9. The molecule has 2 fully saturated rings. The van der Waals surface area contributed by atoms with Crippen LogP contribution >= 0.6 is 0 Å². The normalized spacial score (nSPS) is 36.6. The third-order valence-electron chi connectivity index (χ3n) is 14.6. The summed E-state index contributed by atoms with van der Waals surface area (Å²) in [6.45, 7) is 25.3. The highest BCUT2D eigenvalue weighted by atomic mass is 16.5. The third kappa shape index (κ3) is 4.27. The summed E-state index contributed by atoms with van der Waals surface area (Å²) in [5.74, 6) is 2.67. The number of aliphatic hydroxyl groups excluding tert-OH is 2. The van der Waals surface area contributed by atoms with Gasteiger partial charge < -0.3 is 19.5 Å². The van der Waals surface area contributed by atoms with E-state index in [9.17, 15) is 19.8 Å². The average molecular weight is 690 g/mol. The van der Waals surface area contributed by atoms with Crippen LogP contribution in [-0.4, -0.2) is 43.7 Å². The van der Waals surface area contributed by atoms with Gasteiger partial charge in [0.25, 0.3) is 0 Å². The number of ketones is 2. The molecular weight excluding hydrogens is 634 g/mol. The smallest absolute Gasteiger partial charge is 0.192 e. The third-order valence-corrected chi connectivity index (χ3v) is 14.6.